The van der Waals surface area contributed by atoms with Gasteiger partial charge in [-0.3, -0.25) is 9.59 Å². The van der Waals surface area contributed by atoms with Gasteiger partial charge in [0.2, 0.25) is 11.8 Å². The lowest BCUT2D eigenvalue weighted by Gasteiger charge is -2.22. The van der Waals surface area contributed by atoms with Crippen LogP contribution in [-0.4, -0.2) is 18.4 Å². The van der Waals surface area contributed by atoms with E-state index >= 15 is 0 Å². The SMILES string of the molecule is CC(C)(C(=O)NCCc1ccc(F)cc1)C(=O)Nc1ccc(Cl)cc1. The van der Waals surface area contributed by atoms with Crippen LogP contribution in [0.25, 0.3) is 0 Å². The average Bonchev–Trinajstić information content (AvgIpc) is 2.58. The number of carbonyl (C=O) groups is 2. The standard InChI is InChI=1S/C19H20ClFN2O2/c1-19(2,18(25)23-16-9-5-14(20)6-10-16)17(24)22-12-11-13-3-7-15(21)8-4-13/h3-10H,11-12H2,1-2H3,(H,22,24)(H,23,25). The second kappa shape index (κ2) is 8.12. The summed E-state index contributed by atoms with van der Waals surface area (Å²) in [5.74, 6) is -1.08. The van der Waals surface area contributed by atoms with Gasteiger partial charge in [-0.15, -0.1) is 0 Å². The van der Waals surface area contributed by atoms with Crippen molar-refractivity contribution in [1.82, 2.24) is 5.32 Å². The molecule has 2 amide bonds. The number of anilines is 1. The first-order chi connectivity index (χ1) is 11.8. The summed E-state index contributed by atoms with van der Waals surface area (Å²) in [7, 11) is 0. The van der Waals surface area contributed by atoms with Gasteiger partial charge in [-0.1, -0.05) is 23.7 Å². The van der Waals surface area contributed by atoms with E-state index in [9.17, 15) is 14.0 Å². The molecule has 25 heavy (non-hydrogen) atoms. The highest BCUT2D eigenvalue weighted by Gasteiger charge is 2.35. The van der Waals surface area contributed by atoms with Crippen LogP contribution in [0.5, 0.6) is 0 Å². The fraction of sp³-hybridized carbons (Fsp3) is 0.263. The number of hydrogen-bond donors (Lipinski definition) is 2. The minimum Gasteiger partial charge on any atom is -0.355 e. The summed E-state index contributed by atoms with van der Waals surface area (Å²) >= 11 is 5.81. The summed E-state index contributed by atoms with van der Waals surface area (Å²) in [5.41, 5.74) is 0.245. The molecule has 2 aromatic rings. The molecular weight excluding hydrogens is 343 g/mol. The largest absolute Gasteiger partial charge is 0.355 e. The maximum Gasteiger partial charge on any atom is 0.239 e. The first-order valence-electron chi connectivity index (χ1n) is 7.89. The van der Waals surface area contributed by atoms with E-state index in [1.807, 2.05) is 0 Å². The van der Waals surface area contributed by atoms with Crippen molar-refractivity contribution in [1.29, 1.82) is 0 Å². The third-order valence-corrected chi connectivity index (χ3v) is 4.10. The van der Waals surface area contributed by atoms with Gasteiger partial charge in [0, 0.05) is 17.3 Å². The molecule has 2 rings (SSSR count). The van der Waals surface area contributed by atoms with Gasteiger partial charge in [0.1, 0.15) is 11.2 Å². The number of nitrogens with one attached hydrogen (secondary N) is 2. The van der Waals surface area contributed by atoms with Gasteiger partial charge in [-0.05, 0) is 62.2 Å². The molecule has 2 aromatic carbocycles. The first-order valence-corrected chi connectivity index (χ1v) is 8.26. The molecule has 0 radical (unpaired) electrons. The molecule has 0 saturated carbocycles. The summed E-state index contributed by atoms with van der Waals surface area (Å²) in [5, 5.41) is 6.02. The number of amides is 2. The van der Waals surface area contributed by atoms with Crippen molar-refractivity contribution >= 4 is 29.1 Å². The van der Waals surface area contributed by atoms with E-state index in [0.29, 0.717) is 23.7 Å². The molecule has 0 aliphatic heterocycles. The van der Waals surface area contributed by atoms with Crippen LogP contribution < -0.4 is 10.6 Å². The quantitative estimate of drug-likeness (QED) is 0.768. The van der Waals surface area contributed by atoms with Crippen molar-refractivity contribution in [3.05, 3.63) is 64.9 Å². The summed E-state index contributed by atoms with van der Waals surface area (Å²) in [6.07, 6.45) is 0.556. The van der Waals surface area contributed by atoms with Crippen molar-refractivity contribution < 1.29 is 14.0 Å². The molecule has 0 bridgehead atoms. The Morgan fingerprint density at radius 1 is 1.00 bits per heavy atom. The molecule has 0 spiro atoms. The van der Waals surface area contributed by atoms with Gasteiger partial charge in [0.15, 0.2) is 0 Å². The van der Waals surface area contributed by atoms with E-state index in [1.54, 1.807) is 50.2 Å². The predicted octanol–water partition coefficient (Wildman–Crippen LogP) is 3.80. The Labute approximate surface area is 151 Å². The Kier molecular flexibility index (Phi) is 6.15. The lowest BCUT2D eigenvalue weighted by atomic mass is 9.91. The zero-order valence-corrected chi connectivity index (χ0v) is 14.9. The van der Waals surface area contributed by atoms with Crippen LogP contribution in [0.15, 0.2) is 48.5 Å². The Hall–Kier alpha value is -2.40. The molecule has 0 aliphatic carbocycles. The zero-order valence-electron chi connectivity index (χ0n) is 14.1. The Balaban J connectivity index is 1.88. The summed E-state index contributed by atoms with van der Waals surface area (Å²) in [6.45, 7) is 3.49. The minimum absolute atomic E-state index is 0.298. The number of benzene rings is 2. The van der Waals surface area contributed by atoms with Crippen molar-refractivity contribution in [2.24, 2.45) is 5.41 Å². The molecule has 2 N–H and O–H groups in total. The van der Waals surface area contributed by atoms with Crippen LogP contribution in [0.1, 0.15) is 19.4 Å². The molecule has 0 unspecified atom stereocenters. The fourth-order valence-corrected chi connectivity index (χ4v) is 2.24. The molecular formula is C19H20ClFN2O2. The minimum atomic E-state index is -1.23. The van der Waals surface area contributed by atoms with Gasteiger partial charge < -0.3 is 10.6 Å². The van der Waals surface area contributed by atoms with Gasteiger partial charge in [0.05, 0.1) is 0 Å². The van der Waals surface area contributed by atoms with Gasteiger partial charge in [-0.25, -0.2) is 4.39 Å². The van der Waals surface area contributed by atoms with Crippen molar-refractivity contribution in [3.8, 4) is 0 Å². The molecule has 132 valence electrons. The van der Waals surface area contributed by atoms with Gasteiger partial charge >= 0.3 is 0 Å². The predicted molar refractivity (Wildman–Crippen MR) is 97.0 cm³/mol. The second-order valence-electron chi connectivity index (χ2n) is 6.22. The Bertz CT molecular complexity index is 743. The molecule has 0 aromatic heterocycles. The Morgan fingerprint density at radius 2 is 1.60 bits per heavy atom. The molecule has 0 aliphatic rings. The fourth-order valence-electron chi connectivity index (χ4n) is 2.12. The van der Waals surface area contributed by atoms with E-state index in [1.165, 1.54) is 12.1 Å². The van der Waals surface area contributed by atoms with Crippen LogP contribution >= 0.6 is 11.6 Å². The first kappa shape index (κ1) is 18.9. The highest BCUT2D eigenvalue weighted by Crippen LogP contribution is 2.20. The van der Waals surface area contributed by atoms with Crippen molar-refractivity contribution in [3.63, 3.8) is 0 Å². The van der Waals surface area contributed by atoms with E-state index in [4.69, 9.17) is 11.6 Å². The van der Waals surface area contributed by atoms with E-state index < -0.39 is 11.3 Å². The monoisotopic (exact) mass is 362 g/mol. The smallest absolute Gasteiger partial charge is 0.239 e. The highest BCUT2D eigenvalue weighted by molar-refractivity contribution is 6.30. The Morgan fingerprint density at radius 3 is 2.20 bits per heavy atom. The van der Waals surface area contributed by atoms with Crippen LogP contribution in [0, 0.1) is 11.2 Å². The number of hydrogen-bond acceptors (Lipinski definition) is 2. The number of rotatable bonds is 6. The molecule has 0 atom stereocenters. The van der Waals surface area contributed by atoms with Crippen LogP contribution in [-0.2, 0) is 16.0 Å². The summed E-state index contributed by atoms with van der Waals surface area (Å²) in [4.78, 5) is 24.7. The van der Waals surface area contributed by atoms with Crippen LogP contribution in [0.4, 0.5) is 10.1 Å². The van der Waals surface area contributed by atoms with E-state index in [2.05, 4.69) is 10.6 Å². The molecule has 6 heteroatoms. The molecule has 0 heterocycles. The topological polar surface area (TPSA) is 58.2 Å². The van der Waals surface area contributed by atoms with Gasteiger partial charge in [-0.2, -0.15) is 0 Å². The molecule has 0 fully saturated rings. The normalized spacial score (nSPS) is 11.0. The average molecular weight is 363 g/mol. The number of carbonyl (C=O) groups excluding carboxylic acids is 2. The van der Waals surface area contributed by atoms with Gasteiger partial charge in [0.25, 0.3) is 0 Å². The maximum atomic E-state index is 12.9. The van der Waals surface area contributed by atoms with Crippen molar-refractivity contribution in [2.45, 2.75) is 20.3 Å². The third-order valence-electron chi connectivity index (χ3n) is 3.85. The molecule has 0 saturated heterocycles. The molecule has 4 nitrogen and oxygen atoms in total. The van der Waals surface area contributed by atoms with Crippen molar-refractivity contribution in [2.75, 3.05) is 11.9 Å². The maximum absolute atomic E-state index is 12.9. The van der Waals surface area contributed by atoms with Crippen LogP contribution in [0.3, 0.4) is 0 Å². The lowest BCUT2D eigenvalue weighted by Crippen LogP contribution is -2.45. The third kappa shape index (κ3) is 5.29. The number of halogens is 2. The lowest BCUT2D eigenvalue weighted by molar-refractivity contribution is -0.138. The summed E-state index contributed by atoms with van der Waals surface area (Å²) in [6, 6.07) is 12.7. The van der Waals surface area contributed by atoms with E-state index in [-0.39, 0.29) is 11.7 Å². The summed E-state index contributed by atoms with van der Waals surface area (Å²) < 4.78 is 12.9. The van der Waals surface area contributed by atoms with Crippen LogP contribution in [0.2, 0.25) is 5.02 Å². The highest BCUT2D eigenvalue weighted by atomic mass is 35.5. The zero-order chi connectivity index (χ0) is 18.4. The second-order valence-corrected chi connectivity index (χ2v) is 6.65. The van der Waals surface area contributed by atoms with E-state index in [0.717, 1.165) is 5.56 Å².